The fraction of sp³-hybridized carbons (Fsp3) is 0.667. The minimum absolute atomic E-state index is 0.0979. The van der Waals surface area contributed by atoms with Crippen LogP contribution in [0.25, 0.3) is 0 Å². The summed E-state index contributed by atoms with van der Waals surface area (Å²) in [5.74, 6) is -0.947. The second-order valence-corrected chi connectivity index (χ2v) is 18.5. The van der Waals surface area contributed by atoms with Crippen LogP contribution in [0.15, 0.2) is 109 Å². The molecule has 0 amide bonds. The summed E-state index contributed by atoms with van der Waals surface area (Å²) < 4.78 is 16.8. The number of ether oxygens (including phenoxy) is 3. The van der Waals surface area contributed by atoms with Gasteiger partial charge in [-0.3, -0.25) is 14.4 Å². The summed E-state index contributed by atoms with van der Waals surface area (Å²) in [6.07, 6.45) is 76.4. The first-order valence-corrected chi connectivity index (χ1v) is 28.4. The van der Waals surface area contributed by atoms with Gasteiger partial charge in [0.1, 0.15) is 13.2 Å². The molecule has 1 unspecified atom stereocenters. The first kappa shape index (κ1) is 65.1. The van der Waals surface area contributed by atoms with Gasteiger partial charge in [0.25, 0.3) is 0 Å². The molecule has 69 heavy (non-hydrogen) atoms. The summed E-state index contributed by atoms with van der Waals surface area (Å²) >= 11 is 0. The lowest BCUT2D eigenvalue weighted by Crippen LogP contribution is -2.30. The van der Waals surface area contributed by atoms with E-state index in [2.05, 4.69) is 130 Å². The fourth-order valence-electron chi connectivity index (χ4n) is 7.47. The second kappa shape index (κ2) is 56.7. The van der Waals surface area contributed by atoms with Crippen LogP contribution in [0.1, 0.15) is 252 Å². The molecule has 0 aromatic carbocycles. The highest BCUT2D eigenvalue weighted by Crippen LogP contribution is 2.13. The summed E-state index contributed by atoms with van der Waals surface area (Å²) in [4.78, 5) is 38.1. The molecular weight excluding hydrogens is 853 g/mol. The maximum Gasteiger partial charge on any atom is 0.306 e. The lowest BCUT2D eigenvalue weighted by Gasteiger charge is -2.18. The Balaban J connectivity index is 4.44. The molecule has 0 heterocycles. The van der Waals surface area contributed by atoms with Crippen LogP contribution in [-0.2, 0) is 28.6 Å². The molecular formula is C63H104O6. The molecule has 0 radical (unpaired) electrons. The first-order chi connectivity index (χ1) is 34.0. The third-order valence-corrected chi connectivity index (χ3v) is 11.7. The molecule has 0 saturated carbocycles. The normalized spacial score (nSPS) is 12.9. The number of esters is 3. The smallest absolute Gasteiger partial charge is 0.306 e. The highest BCUT2D eigenvalue weighted by atomic mass is 16.6. The minimum atomic E-state index is -0.801. The monoisotopic (exact) mass is 957 g/mol. The average molecular weight is 958 g/mol. The van der Waals surface area contributed by atoms with Crippen LogP contribution < -0.4 is 0 Å². The zero-order valence-corrected chi connectivity index (χ0v) is 44.8. The Morgan fingerprint density at radius 1 is 0.304 bits per heavy atom. The van der Waals surface area contributed by atoms with E-state index >= 15 is 0 Å². The SMILES string of the molecule is CC/C=C\C/C=C\C/C=C\C/C=C\C/C=C\C/C=C\CCCCCCC(=O)OCC(COC(=O)CCCCCCC/C=C\CCCCC)OC(=O)CCCCCCC/C=C\C/C=C\CCCCCC. The zero-order valence-electron chi connectivity index (χ0n) is 44.8. The van der Waals surface area contributed by atoms with Gasteiger partial charge in [-0.1, -0.05) is 214 Å². The van der Waals surface area contributed by atoms with Crippen LogP contribution in [0.5, 0.6) is 0 Å². The number of allylic oxidation sites excluding steroid dienone is 18. The Morgan fingerprint density at radius 3 is 0.928 bits per heavy atom. The van der Waals surface area contributed by atoms with Gasteiger partial charge in [-0.25, -0.2) is 0 Å². The van der Waals surface area contributed by atoms with Crippen molar-refractivity contribution in [2.45, 2.75) is 258 Å². The molecule has 0 fully saturated rings. The fourth-order valence-corrected chi connectivity index (χ4v) is 7.47. The molecule has 0 aliphatic heterocycles. The standard InChI is InChI=1S/C63H104O6/c1-4-7-10-13-16-19-22-25-27-29-30-31-32-33-34-35-37-38-41-44-47-50-53-56-62(65)68-59-60(58-67-61(64)55-52-49-46-43-40-24-21-18-15-12-9-6-3)69-63(66)57-54-51-48-45-42-39-36-28-26-23-20-17-14-11-8-5-2/h7,10,16,18-21,23,25,27-28,30-31,33-34,36-38,60H,4-6,8-9,11-15,17,22,24,26,29,32,35,39-59H2,1-3H3/b10-7-,19-16-,21-18-,23-20-,27-25-,31-30-,34-33-,36-28-,38-37-. The summed E-state index contributed by atoms with van der Waals surface area (Å²) in [7, 11) is 0. The molecule has 0 bridgehead atoms. The lowest BCUT2D eigenvalue weighted by atomic mass is 10.1. The van der Waals surface area contributed by atoms with E-state index in [9.17, 15) is 14.4 Å². The van der Waals surface area contributed by atoms with Crippen molar-refractivity contribution >= 4 is 17.9 Å². The van der Waals surface area contributed by atoms with Crippen molar-refractivity contribution in [3.05, 3.63) is 109 Å². The van der Waals surface area contributed by atoms with Crippen molar-refractivity contribution in [1.29, 1.82) is 0 Å². The van der Waals surface area contributed by atoms with Crippen molar-refractivity contribution in [3.8, 4) is 0 Å². The van der Waals surface area contributed by atoms with Crippen LogP contribution in [0.2, 0.25) is 0 Å². The predicted molar refractivity (Wildman–Crippen MR) is 297 cm³/mol. The van der Waals surface area contributed by atoms with Gasteiger partial charge in [0.2, 0.25) is 0 Å². The number of unbranched alkanes of at least 4 members (excludes halogenated alkanes) is 21. The molecule has 0 spiro atoms. The quantitative estimate of drug-likeness (QED) is 0.0262. The Hall–Kier alpha value is -3.93. The van der Waals surface area contributed by atoms with E-state index in [4.69, 9.17) is 14.2 Å². The Bertz CT molecular complexity index is 1420. The Kier molecular flexibility index (Phi) is 53.4. The van der Waals surface area contributed by atoms with E-state index in [1.165, 1.54) is 64.2 Å². The first-order valence-electron chi connectivity index (χ1n) is 28.4. The lowest BCUT2D eigenvalue weighted by molar-refractivity contribution is -0.167. The third-order valence-electron chi connectivity index (χ3n) is 11.7. The molecule has 0 aliphatic rings. The van der Waals surface area contributed by atoms with Crippen LogP contribution in [-0.4, -0.2) is 37.2 Å². The van der Waals surface area contributed by atoms with Crippen molar-refractivity contribution in [1.82, 2.24) is 0 Å². The molecule has 0 aromatic heterocycles. The van der Waals surface area contributed by atoms with Crippen LogP contribution in [0.4, 0.5) is 0 Å². The van der Waals surface area contributed by atoms with Crippen molar-refractivity contribution < 1.29 is 28.6 Å². The van der Waals surface area contributed by atoms with E-state index in [0.29, 0.717) is 19.3 Å². The highest BCUT2D eigenvalue weighted by molar-refractivity contribution is 5.71. The maximum atomic E-state index is 12.8. The topological polar surface area (TPSA) is 78.9 Å². The summed E-state index contributed by atoms with van der Waals surface area (Å²) in [6.45, 7) is 6.44. The Morgan fingerprint density at radius 2 is 0.565 bits per heavy atom. The van der Waals surface area contributed by atoms with Gasteiger partial charge >= 0.3 is 17.9 Å². The van der Waals surface area contributed by atoms with E-state index in [1.807, 2.05) is 0 Å². The van der Waals surface area contributed by atoms with Crippen LogP contribution in [0, 0.1) is 0 Å². The van der Waals surface area contributed by atoms with Crippen LogP contribution in [0.3, 0.4) is 0 Å². The summed E-state index contributed by atoms with van der Waals surface area (Å²) in [5.41, 5.74) is 0. The highest BCUT2D eigenvalue weighted by Gasteiger charge is 2.19. The van der Waals surface area contributed by atoms with E-state index in [1.54, 1.807) is 0 Å². The van der Waals surface area contributed by atoms with E-state index in [0.717, 1.165) is 148 Å². The number of carbonyl (C=O) groups is 3. The molecule has 0 rings (SSSR count). The van der Waals surface area contributed by atoms with Gasteiger partial charge in [-0.15, -0.1) is 0 Å². The van der Waals surface area contributed by atoms with Gasteiger partial charge in [0.15, 0.2) is 6.10 Å². The number of carbonyl (C=O) groups excluding carboxylic acids is 3. The third kappa shape index (κ3) is 54.9. The number of rotatable bonds is 50. The molecule has 6 nitrogen and oxygen atoms in total. The van der Waals surface area contributed by atoms with Gasteiger partial charge in [0.05, 0.1) is 0 Å². The van der Waals surface area contributed by atoms with Crippen molar-refractivity contribution in [2.24, 2.45) is 0 Å². The number of hydrogen-bond acceptors (Lipinski definition) is 6. The molecule has 6 heteroatoms. The van der Waals surface area contributed by atoms with Gasteiger partial charge in [0, 0.05) is 19.3 Å². The van der Waals surface area contributed by atoms with E-state index in [-0.39, 0.29) is 31.1 Å². The van der Waals surface area contributed by atoms with Gasteiger partial charge in [-0.2, -0.15) is 0 Å². The van der Waals surface area contributed by atoms with Crippen molar-refractivity contribution in [3.63, 3.8) is 0 Å². The van der Waals surface area contributed by atoms with E-state index < -0.39 is 6.10 Å². The Labute approximate surface area is 425 Å². The predicted octanol–water partition coefficient (Wildman–Crippen LogP) is 19.1. The molecule has 0 saturated heterocycles. The largest absolute Gasteiger partial charge is 0.462 e. The van der Waals surface area contributed by atoms with Crippen LogP contribution >= 0.6 is 0 Å². The second-order valence-electron chi connectivity index (χ2n) is 18.5. The number of hydrogen-bond donors (Lipinski definition) is 0. The molecule has 1 atom stereocenters. The molecule has 0 N–H and O–H groups in total. The zero-order chi connectivity index (χ0) is 50.0. The molecule has 392 valence electrons. The van der Waals surface area contributed by atoms with Gasteiger partial charge in [-0.05, 0) is 128 Å². The van der Waals surface area contributed by atoms with Gasteiger partial charge < -0.3 is 14.2 Å². The summed E-state index contributed by atoms with van der Waals surface area (Å²) in [6, 6.07) is 0. The maximum absolute atomic E-state index is 12.8. The molecule has 0 aliphatic carbocycles. The molecule has 0 aromatic rings. The summed E-state index contributed by atoms with van der Waals surface area (Å²) in [5, 5.41) is 0. The minimum Gasteiger partial charge on any atom is -0.462 e. The average Bonchev–Trinajstić information content (AvgIpc) is 3.35. The van der Waals surface area contributed by atoms with Crippen molar-refractivity contribution in [2.75, 3.05) is 13.2 Å².